The molecule has 0 saturated heterocycles. The quantitative estimate of drug-likeness (QED) is 0.279. The summed E-state index contributed by atoms with van der Waals surface area (Å²) in [6.45, 7) is -0.715. The molecule has 11 heteroatoms. The number of nitrogen functional groups attached to an aromatic ring is 1. The minimum absolute atomic E-state index is 0.00519. The van der Waals surface area contributed by atoms with Gasteiger partial charge in [0.2, 0.25) is 0 Å². The normalized spacial score (nSPS) is 12.9. The van der Waals surface area contributed by atoms with Crippen LogP contribution in [-0.4, -0.2) is 19.1 Å². The second-order valence-electron chi connectivity index (χ2n) is 8.01. The van der Waals surface area contributed by atoms with E-state index in [1.54, 1.807) is 12.1 Å². The molecule has 3 aromatic carbocycles. The zero-order chi connectivity index (χ0) is 26.5. The van der Waals surface area contributed by atoms with Crippen molar-refractivity contribution in [1.29, 1.82) is 0 Å². The Labute approximate surface area is 201 Å². The molecule has 0 aliphatic heterocycles. The van der Waals surface area contributed by atoms with E-state index >= 15 is 0 Å². The van der Waals surface area contributed by atoms with E-state index in [-0.39, 0.29) is 24.8 Å². The average molecular weight is 514 g/mol. The summed E-state index contributed by atoms with van der Waals surface area (Å²) in [5.74, 6) is -1.51. The Hall–Kier alpha value is -3.60. The van der Waals surface area contributed by atoms with Gasteiger partial charge in [-0.3, -0.25) is 4.79 Å². The Bertz CT molecular complexity index is 1140. The number of hydrogen-bond donors (Lipinski definition) is 2. The third kappa shape index (κ3) is 7.45. The van der Waals surface area contributed by atoms with Gasteiger partial charge in [0, 0.05) is 23.7 Å². The maximum absolute atomic E-state index is 13.4. The first-order valence-corrected chi connectivity index (χ1v) is 10.6. The Morgan fingerprint density at radius 1 is 0.861 bits per heavy atom. The van der Waals surface area contributed by atoms with E-state index in [4.69, 9.17) is 10.5 Å². The van der Waals surface area contributed by atoms with Crippen LogP contribution in [0.1, 0.15) is 38.5 Å². The summed E-state index contributed by atoms with van der Waals surface area (Å²) in [5, 5.41) is 2.69. The smallest absolute Gasteiger partial charge is 0.399 e. The number of nitrogens with two attached hydrogens (primary N) is 1. The highest BCUT2D eigenvalue weighted by molar-refractivity contribution is 5.94. The van der Waals surface area contributed by atoms with Crippen molar-refractivity contribution in [1.82, 2.24) is 5.32 Å². The lowest BCUT2D eigenvalue weighted by Crippen LogP contribution is -2.30. The van der Waals surface area contributed by atoms with Crippen LogP contribution in [0, 0.1) is 5.82 Å². The van der Waals surface area contributed by atoms with Crippen LogP contribution in [0.3, 0.4) is 0 Å². The van der Waals surface area contributed by atoms with Crippen molar-refractivity contribution in [2.24, 2.45) is 0 Å². The minimum Gasteiger partial charge on any atom is -0.399 e. The predicted molar refractivity (Wildman–Crippen MR) is 118 cm³/mol. The molecule has 0 bridgehead atoms. The van der Waals surface area contributed by atoms with Gasteiger partial charge in [-0.05, 0) is 65.7 Å². The van der Waals surface area contributed by atoms with Crippen LogP contribution in [0.25, 0.3) is 0 Å². The summed E-state index contributed by atoms with van der Waals surface area (Å²) in [6.07, 6.45) is -9.95. The lowest BCUT2D eigenvalue weighted by Gasteiger charge is -2.19. The Morgan fingerprint density at radius 2 is 1.42 bits per heavy atom. The SMILES string of the molecule is Nc1ccc(C(=O)NCC(COCc2cc(C(F)(F)F)cc(C(F)(F)F)c2)c2ccc(F)cc2)cc1. The average Bonchev–Trinajstić information content (AvgIpc) is 2.81. The molecule has 3 rings (SSSR count). The first kappa shape index (κ1) is 27.0. The fourth-order valence-electron chi connectivity index (χ4n) is 3.38. The van der Waals surface area contributed by atoms with Gasteiger partial charge in [-0.25, -0.2) is 4.39 Å². The molecule has 0 radical (unpaired) electrons. The number of benzene rings is 3. The third-order valence-electron chi connectivity index (χ3n) is 5.26. The van der Waals surface area contributed by atoms with Gasteiger partial charge in [-0.1, -0.05) is 12.1 Å². The summed E-state index contributed by atoms with van der Waals surface area (Å²) in [4.78, 5) is 12.4. The number of amides is 1. The van der Waals surface area contributed by atoms with E-state index in [0.29, 0.717) is 28.9 Å². The highest BCUT2D eigenvalue weighted by Crippen LogP contribution is 2.36. The van der Waals surface area contributed by atoms with E-state index in [9.17, 15) is 35.5 Å². The molecule has 3 aromatic rings. The van der Waals surface area contributed by atoms with Crippen molar-refractivity contribution in [3.63, 3.8) is 0 Å². The van der Waals surface area contributed by atoms with Crippen LogP contribution in [0.4, 0.5) is 36.4 Å². The number of halogens is 7. The molecule has 36 heavy (non-hydrogen) atoms. The first-order valence-electron chi connectivity index (χ1n) is 10.6. The first-order chi connectivity index (χ1) is 16.8. The molecule has 1 unspecified atom stereocenters. The standard InChI is InChI=1S/C25H21F7N2O2/c26-21-5-1-16(2-6-21)18(12-34-23(35)17-3-7-22(33)8-4-17)14-36-13-15-9-19(24(27,28)29)11-20(10-15)25(30,31)32/h1-11,18H,12-14,33H2,(H,34,35). The van der Waals surface area contributed by atoms with Gasteiger partial charge in [-0.15, -0.1) is 0 Å². The topological polar surface area (TPSA) is 64.4 Å². The number of nitrogens with one attached hydrogen (secondary N) is 1. The van der Waals surface area contributed by atoms with Gasteiger partial charge in [0.25, 0.3) is 5.91 Å². The Balaban J connectivity index is 1.73. The van der Waals surface area contributed by atoms with E-state index in [1.165, 1.54) is 36.4 Å². The number of rotatable bonds is 8. The van der Waals surface area contributed by atoms with Gasteiger partial charge in [0.05, 0.1) is 24.3 Å². The molecule has 192 valence electrons. The molecule has 0 heterocycles. The number of carbonyl (C=O) groups excluding carboxylic acids is 1. The van der Waals surface area contributed by atoms with Crippen molar-refractivity contribution in [3.05, 3.63) is 100 Å². The fraction of sp³-hybridized carbons (Fsp3) is 0.240. The molecule has 1 amide bonds. The molecule has 0 aliphatic carbocycles. The maximum Gasteiger partial charge on any atom is 0.416 e. The van der Waals surface area contributed by atoms with Gasteiger partial charge < -0.3 is 15.8 Å². The van der Waals surface area contributed by atoms with E-state index in [1.807, 2.05) is 0 Å². The van der Waals surface area contributed by atoms with Gasteiger partial charge in [0.1, 0.15) is 5.82 Å². The summed E-state index contributed by atoms with van der Waals surface area (Å²) < 4.78 is 97.4. The molecule has 1 atom stereocenters. The molecular formula is C25H21F7N2O2. The molecule has 3 N–H and O–H groups in total. The van der Waals surface area contributed by atoms with Crippen LogP contribution in [0.5, 0.6) is 0 Å². The second kappa shape index (κ2) is 11.0. The van der Waals surface area contributed by atoms with Crippen LogP contribution >= 0.6 is 0 Å². The van der Waals surface area contributed by atoms with Crippen LogP contribution in [-0.2, 0) is 23.7 Å². The largest absolute Gasteiger partial charge is 0.416 e. The predicted octanol–water partition coefficient (Wildman–Crippen LogP) is 6.18. The maximum atomic E-state index is 13.4. The van der Waals surface area contributed by atoms with Crippen LogP contribution in [0.15, 0.2) is 66.7 Å². The number of anilines is 1. The summed E-state index contributed by atoms with van der Waals surface area (Å²) in [5.41, 5.74) is 3.74. The number of alkyl halides is 6. The Morgan fingerprint density at radius 3 is 1.94 bits per heavy atom. The van der Waals surface area contributed by atoms with Crippen molar-refractivity contribution in [3.8, 4) is 0 Å². The highest BCUT2D eigenvalue weighted by Gasteiger charge is 2.36. The fourth-order valence-corrected chi connectivity index (χ4v) is 3.38. The van der Waals surface area contributed by atoms with Crippen molar-refractivity contribution >= 4 is 11.6 Å². The van der Waals surface area contributed by atoms with Gasteiger partial charge in [-0.2, -0.15) is 26.3 Å². The van der Waals surface area contributed by atoms with Crippen LogP contribution < -0.4 is 11.1 Å². The number of ether oxygens (including phenoxy) is 1. The third-order valence-corrected chi connectivity index (χ3v) is 5.26. The Kier molecular flexibility index (Phi) is 8.24. The molecule has 0 saturated carbocycles. The molecule has 4 nitrogen and oxygen atoms in total. The van der Waals surface area contributed by atoms with E-state index < -0.39 is 47.7 Å². The monoisotopic (exact) mass is 514 g/mol. The van der Waals surface area contributed by atoms with Gasteiger partial charge in [0.15, 0.2) is 0 Å². The number of hydrogen-bond acceptors (Lipinski definition) is 3. The minimum atomic E-state index is -4.97. The van der Waals surface area contributed by atoms with E-state index in [2.05, 4.69) is 5.32 Å². The summed E-state index contributed by atoms with van der Waals surface area (Å²) in [7, 11) is 0. The zero-order valence-electron chi connectivity index (χ0n) is 18.6. The molecule has 0 fully saturated rings. The lowest BCUT2D eigenvalue weighted by molar-refractivity contribution is -0.143. The number of carbonyl (C=O) groups is 1. The molecular weight excluding hydrogens is 493 g/mol. The van der Waals surface area contributed by atoms with Crippen molar-refractivity contribution in [2.75, 3.05) is 18.9 Å². The van der Waals surface area contributed by atoms with Gasteiger partial charge >= 0.3 is 12.4 Å². The van der Waals surface area contributed by atoms with Crippen LogP contribution in [0.2, 0.25) is 0 Å². The summed E-state index contributed by atoms with van der Waals surface area (Å²) in [6, 6.07) is 12.6. The summed E-state index contributed by atoms with van der Waals surface area (Å²) >= 11 is 0. The second-order valence-corrected chi connectivity index (χ2v) is 8.01. The lowest BCUT2D eigenvalue weighted by atomic mass is 9.99. The zero-order valence-corrected chi connectivity index (χ0v) is 18.6. The van der Waals surface area contributed by atoms with Crippen molar-refractivity contribution in [2.45, 2.75) is 24.9 Å². The molecule has 0 aliphatic rings. The molecule has 0 aromatic heterocycles. The highest BCUT2D eigenvalue weighted by atomic mass is 19.4. The molecule has 0 spiro atoms. The van der Waals surface area contributed by atoms with E-state index in [0.717, 1.165) is 0 Å². The van der Waals surface area contributed by atoms with Crippen molar-refractivity contribution < 1.29 is 40.3 Å².